The summed E-state index contributed by atoms with van der Waals surface area (Å²) in [6.07, 6.45) is 12.9. The van der Waals surface area contributed by atoms with Crippen molar-refractivity contribution in [3.05, 3.63) is 0 Å². The summed E-state index contributed by atoms with van der Waals surface area (Å²) in [7, 11) is 0. The molecule has 3 unspecified atom stereocenters. The van der Waals surface area contributed by atoms with E-state index < -0.39 is 0 Å². The van der Waals surface area contributed by atoms with E-state index in [1.54, 1.807) is 0 Å². The molecule has 2 aliphatic rings. The van der Waals surface area contributed by atoms with Gasteiger partial charge in [-0.2, -0.15) is 0 Å². The summed E-state index contributed by atoms with van der Waals surface area (Å²) in [5.74, 6) is 1.43. The van der Waals surface area contributed by atoms with Gasteiger partial charge in [-0.3, -0.25) is 0 Å². The molecule has 0 amide bonds. The molecule has 1 heterocycles. The largest absolute Gasteiger partial charge is 0.375 e. The van der Waals surface area contributed by atoms with Crippen molar-refractivity contribution in [2.45, 2.75) is 89.7 Å². The third-order valence-electron chi connectivity index (χ3n) is 5.59. The monoisotopic (exact) mass is 267 g/mol. The van der Waals surface area contributed by atoms with Crippen LogP contribution < -0.4 is 5.73 Å². The van der Waals surface area contributed by atoms with Gasteiger partial charge in [-0.1, -0.05) is 46.0 Å². The van der Waals surface area contributed by atoms with Crippen LogP contribution in [0.5, 0.6) is 0 Å². The van der Waals surface area contributed by atoms with E-state index >= 15 is 0 Å². The minimum absolute atomic E-state index is 0.226. The van der Waals surface area contributed by atoms with Gasteiger partial charge in [-0.15, -0.1) is 0 Å². The summed E-state index contributed by atoms with van der Waals surface area (Å²) in [5.41, 5.74) is 6.87. The van der Waals surface area contributed by atoms with Gasteiger partial charge in [0.15, 0.2) is 0 Å². The Kier molecular flexibility index (Phi) is 5.70. The van der Waals surface area contributed by atoms with Gasteiger partial charge < -0.3 is 10.5 Å². The van der Waals surface area contributed by atoms with E-state index in [1.807, 2.05) is 0 Å². The van der Waals surface area contributed by atoms with Crippen LogP contribution in [0.2, 0.25) is 0 Å². The molecule has 3 atom stereocenters. The molecule has 1 aliphatic carbocycles. The SMILES string of the molecule is CCCCC(CC)C(N)C1CCOC2(CCCC2)C1. The molecule has 0 aromatic carbocycles. The van der Waals surface area contributed by atoms with Crippen molar-refractivity contribution in [2.75, 3.05) is 6.61 Å². The zero-order valence-corrected chi connectivity index (χ0v) is 13.0. The van der Waals surface area contributed by atoms with E-state index in [9.17, 15) is 0 Å². The fraction of sp³-hybridized carbons (Fsp3) is 1.00. The summed E-state index contributed by atoms with van der Waals surface area (Å²) in [6, 6.07) is 0.401. The van der Waals surface area contributed by atoms with Crippen LogP contribution in [0.25, 0.3) is 0 Å². The Morgan fingerprint density at radius 3 is 2.63 bits per heavy atom. The van der Waals surface area contributed by atoms with Gasteiger partial charge in [0, 0.05) is 12.6 Å². The number of hydrogen-bond donors (Lipinski definition) is 1. The Labute approximate surface area is 119 Å². The summed E-state index contributed by atoms with van der Waals surface area (Å²) in [4.78, 5) is 0. The molecule has 2 heteroatoms. The number of hydrogen-bond acceptors (Lipinski definition) is 2. The Morgan fingerprint density at radius 1 is 1.26 bits per heavy atom. The minimum Gasteiger partial charge on any atom is -0.375 e. The molecule has 0 aromatic heterocycles. The summed E-state index contributed by atoms with van der Waals surface area (Å²) in [5, 5.41) is 0. The van der Waals surface area contributed by atoms with Gasteiger partial charge in [-0.05, 0) is 43.9 Å². The third-order valence-corrected chi connectivity index (χ3v) is 5.59. The first kappa shape index (κ1) is 15.3. The van der Waals surface area contributed by atoms with Gasteiger partial charge in [0.2, 0.25) is 0 Å². The summed E-state index contributed by atoms with van der Waals surface area (Å²) in [6.45, 7) is 5.54. The fourth-order valence-electron chi connectivity index (χ4n) is 4.28. The lowest BCUT2D eigenvalue weighted by Gasteiger charge is -2.42. The van der Waals surface area contributed by atoms with Crippen molar-refractivity contribution in [3.8, 4) is 0 Å². The average Bonchev–Trinajstić information content (AvgIpc) is 2.87. The zero-order valence-electron chi connectivity index (χ0n) is 13.0. The van der Waals surface area contributed by atoms with Crippen LogP contribution in [0.1, 0.15) is 78.1 Å². The number of nitrogens with two attached hydrogens (primary N) is 1. The average molecular weight is 267 g/mol. The van der Waals surface area contributed by atoms with E-state index in [4.69, 9.17) is 10.5 Å². The second-order valence-corrected chi connectivity index (χ2v) is 6.88. The van der Waals surface area contributed by atoms with Gasteiger partial charge >= 0.3 is 0 Å². The molecule has 112 valence electrons. The van der Waals surface area contributed by atoms with Crippen molar-refractivity contribution >= 4 is 0 Å². The highest BCUT2D eigenvalue weighted by Crippen LogP contribution is 2.43. The van der Waals surface area contributed by atoms with Crippen LogP contribution in [0.3, 0.4) is 0 Å². The third kappa shape index (κ3) is 3.72. The first-order valence-electron chi connectivity index (χ1n) is 8.60. The standard InChI is InChI=1S/C17H33NO/c1-3-5-8-14(4-2)16(18)15-9-12-19-17(13-15)10-6-7-11-17/h14-16H,3-13,18H2,1-2H3. The molecule has 1 saturated heterocycles. The number of ether oxygens (including phenoxy) is 1. The highest BCUT2D eigenvalue weighted by Gasteiger charge is 2.42. The van der Waals surface area contributed by atoms with E-state index in [-0.39, 0.29) is 5.60 Å². The highest BCUT2D eigenvalue weighted by molar-refractivity contribution is 4.94. The van der Waals surface area contributed by atoms with E-state index in [2.05, 4.69) is 13.8 Å². The molecule has 2 rings (SSSR count). The van der Waals surface area contributed by atoms with Gasteiger partial charge in [-0.25, -0.2) is 0 Å². The normalized spacial score (nSPS) is 29.5. The molecule has 2 nitrogen and oxygen atoms in total. The van der Waals surface area contributed by atoms with E-state index in [0.717, 1.165) is 12.5 Å². The molecule has 2 fully saturated rings. The lowest BCUT2D eigenvalue weighted by Crippen LogP contribution is -2.46. The maximum Gasteiger partial charge on any atom is 0.0685 e. The second kappa shape index (κ2) is 7.08. The molecular weight excluding hydrogens is 234 g/mol. The molecule has 1 spiro atoms. The Balaban J connectivity index is 1.91. The fourth-order valence-corrected chi connectivity index (χ4v) is 4.28. The number of rotatable bonds is 6. The van der Waals surface area contributed by atoms with Gasteiger partial charge in [0.05, 0.1) is 5.60 Å². The quantitative estimate of drug-likeness (QED) is 0.780. The Bertz CT molecular complexity index is 260. The maximum absolute atomic E-state index is 6.64. The molecule has 1 aliphatic heterocycles. The molecule has 19 heavy (non-hydrogen) atoms. The van der Waals surface area contributed by atoms with Crippen LogP contribution in [0.4, 0.5) is 0 Å². The lowest BCUT2D eigenvalue weighted by molar-refractivity contribution is -0.0989. The highest BCUT2D eigenvalue weighted by atomic mass is 16.5. The Hall–Kier alpha value is -0.0800. The van der Waals surface area contributed by atoms with Crippen LogP contribution >= 0.6 is 0 Å². The Morgan fingerprint density at radius 2 is 2.00 bits per heavy atom. The lowest BCUT2D eigenvalue weighted by atomic mass is 9.75. The first-order chi connectivity index (χ1) is 9.21. The molecule has 0 aromatic rings. The van der Waals surface area contributed by atoms with Crippen molar-refractivity contribution < 1.29 is 4.74 Å². The van der Waals surface area contributed by atoms with E-state index in [1.165, 1.54) is 64.2 Å². The van der Waals surface area contributed by atoms with Gasteiger partial charge in [0.1, 0.15) is 0 Å². The van der Waals surface area contributed by atoms with Crippen molar-refractivity contribution in [1.82, 2.24) is 0 Å². The molecule has 0 radical (unpaired) electrons. The maximum atomic E-state index is 6.64. The number of unbranched alkanes of at least 4 members (excludes halogenated alkanes) is 1. The van der Waals surface area contributed by atoms with Crippen LogP contribution in [0.15, 0.2) is 0 Å². The molecule has 1 saturated carbocycles. The van der Waals surface area contributed by atoms with Crippen molar-refractivity contribution in [3.63, 3.8) is 0 Å². The first-order valence-corrected chi connectivity index (χ1v) is 8.60. The minimum atomic E-state index is 0.226. The predicted molar refractivity (Wildman–Crippen MR) is 81.2 cm³/mol. The van der Waals surface area contributed by atoms with Crippen LogP contribution in [0, 0.1) is 11.8 Å². The topological polar surface area (TPSA) is 35.2 Å². The van der Waals surface area contributed by atoms with E-state index in [0.29, 0.717) is 12.0 Å². The van der Waals surface area contributed by atoms with Crippen molar-refractivity contribution in [1.29, 1.82) is 0 Å². The molecular formula is C17H33NO. The predicted octanol–water partition coefficient (Wildman–Crippen LogP) is 4.27. The van der Waals surface area contributed by atoms with Crippen LogP contribution in [-0.2, 0) is 4.74 Å². The second-order valence-electron chi connectivity index (χ2n) is 6.88. The van der Waals surface area contributed by atoms with Gasteiger partial charge in [0.25, 0.3) is 0 Å². The molecule has 0 bridgehead atoms. The summed E-state index contributed by atoms with van der Waals surface area (Å²) >= 11 is 0. The summed E-state index contributed by atoms with van der Waals surface area (Å²) < 4.78 is 6.15. The molecule has 2 N–H and O–H groups in total. The zero-order chi connectivity index (χ0) is 13.7. The van der Waals surface area contributed by atoms with Crippen molar-refractivity contribution in [2.24, 2.45) is 17.6 Å². The van der Waals surface area contributed by atoms with Crippen LogP contribution in [-0.4, -0.2) is 18.2 Å². The smallest absolute Gasteiger partial charge is 0.0685 e.